The highest BCUT2D eigenvalue weighted by Gasteiger charge is 2.22. The summed E-state index contributed by atoms with van der Waals surface area (Å²) in [5, 5.41) is 9.46. The Labute approximate surface area is 142 Å². The summed E-state index contributed by atoms with van der Waals surface area (Å²) in [6, 6.07) is 4.24. The van der Waals surface area contributed by atoms with Crippen molar-refractivity contribution in [1.82, 2.24) is 4.72 Å². The minimum atomic E-state index is -3.72. The maximum Gasteiger partial charge on any atom is 0.337 e. The van der Waals surface area contributed by atoms with Crippen LogP contribution in [0.4, 0.5) is 5.69 Å². The number of nitrogens with one attached hydrogen (secondary N) is 1. The number of nitrogens with zero attached hydrogens (tertiary/aromatic N) is 1. The number of carbonyl (C=O) groups is 1. The van der Waals surface area contributed by atoms with Crippen molar-refractivity contribution in [3.63, 3.8) is 0 Å². The van der Waals surface area contributed by atoms with Crippen molar-refractivity contribution in [3.05, 3.63) is 23.8 Å². The Hall–Kier alpha value is -1.64. The second-order valence-electron chi connectivity index (χ2n) is 6.16. The van der Waals surface area contributed by atoms with Crippen LogP contribution >= 0.6 is 0 Å². The number of benzene rings is 1. The van der Waals surface area contributed by atoms with Gasteiger partial charge in [-0.1, -0.05) is 13.8 Å². The molecule has 2 N–H and O–H groups in total. The number of carboxylic acids is 1. The Kier molecular flexibility index (Phi) is 6.20. The van der Waals surface area contributed by atoms with Gasteiger partial charge < -0.3 is 14.7 Å². The standard InChI is InChI=1S/C16H24N2O5S/c1-12(2)5-6-17-24(21,22)13-3-4-15(14(11-13)16(19)20)18-7-9-23-10-8-18/h3-4,11-12,17H,5-10H2,1-2H3,(H,19,20). The van der Waals surface area contributed by atoms with Crippen LogP contribution in [0.5, 0.6) is 0 Å². The first kappa shape index (κ1) is 18.7. The molecule has 0 spiro atoms. The van der Waals surface area contributed by atoms with Crippen molar-refractivity contribution in [2.24, 2.45) is 5.92 Å². The number of ether oxygens (including phenoxy) is 1. The van der Waals surface area contributed by atoms with Crippen molar-refractivity contribution in [2.45, 2.75) is 25.2 Å². The Morgan fingerprint density at radius 3 is 2.58 bits per heavy atom. The predicted molar refractivity (Wildman–Crippen MR) is 91.1 cm³/mol. The van der Waals surface area contributed by atoms with Gasteiger partial charge in [0, 0.05) is 19.6 Å². The molecule has 134 valence electrons. The van der Waals surface area contributed by atoms with E-state index < -0.39 is 16.0 Å². The van der Waals surface area contributed by atoms with Crippen LogP contribution in [0.3, 0.4) is 0 Å². The number of anilines is 1. The summed E-state index contributed by atoms with van der Waals surface area (Å²) in [6.45, 7) is 6.55. The number of rotatable bonds is 7. The number of aromatic carboxylic acids is 1. The quantitative estimate of drug-likeness (QED) is 0.769. The summed E-state index contributed by atoms with van der Waals surface area (Å²) in [5.74, 6) is -0.762. The number of morpholine rings is 1. The van der Waals surface area contributed by atoms with Crippen LogP contribution in [-0.4, -0.2) is 52.3 Å². The van der Waals surface area contributed by atoms with Gasteiger partial charge in [-0.3, -0.25) is 0 Å². The number of hydrogen-bond acceptors (Lipinski definition) is 5. The van der Waals surface area contributed by atoms with E-state index in [1.165, 1.54) is 12.1 Å². The van der Waals surface area contributed by atoms with Gasteiger partial charge >= 0.3 is 5.97 Å². The summed E-state index contributed by atoms with van der Waals surface area (Å²) in [7, 11) is -3.72. The summed E-state index contributed by atoms with van der Waals surface area (Å²) < 4.78 is 32.5. The first-order valence-electron chi connectivity index (χ1n) is 8.01. The zero-order valence-corrected chi connectivity index (χ0v) is 14.8. The van der Waals surface area contributed by atoms with Crippen LogP contribution in [0.2, 0.25) is 0 Å². The molecular formula is C16H24N2O5S. The van der Waals surface area contributed by atoms with Gasteiger partial charge in [-0.05, 0) is 30.5 Å². The Morgan fingerprint density at radius 2 is 2.00 bits per heavy atom. The van der Waals surface area contributed by atoms with Crippen LogP contribution < -0.4 is 9.62 Å². The van der Waals surface area contributed by atoms with Crippen molar-refractivity contribution in [2.75, 3.05) is 37.7 Å². The molecule has 2 rings (SSSR count). The molecule has 0 amide bonds. The molecule has 1 fully saturated rings. The van der Waals surface area contributed by atoms with Crippen molar-refractivity contribution < 1.29 is 23.1 Å². The molecule has 0 aliphatic carbocycles. The van der Waals surface area contributed by atoms with E-state index in [4.69, 9.17) is 4.74 Å². The average molecular weight is 356 g/mol. The monoisotopic (exact) mass is 356 g/mol. The van der Waals surface area contributed by atoms with E-state index in [0.29, 0.717) is 44.5 Å². The zero-order chi connectivity index (χ0) is 17.7. The second kappa shape index (κ2) is 7.96. The molecule has 0 bridgehead atoms. The molecule has 0 radical (unpaired) electrons. The third-order valence-electron chi connectivity index (χ3n) is 3.87. The molecule has 0 unspecified atom stereocenters. The van der Waals surface area contributed by atoms with Crippen LogP contribution in [0.1, 0.15) is 30.6 Å². The highest BCUT2D eigenvalue weighted by molar-refractivity contribution is 7.89. The van der Waals surface area contributed by atoms with Gasteiger partial charge in [-0.2, -0.15) is 0 Å². The second-order valence-corrected chi connectivity index (χ2v) is 7.93. The van der Waals surface area contributed by atoms with Gasteiger partial charge in [0.25, 0.3) is 0 Å². The lowest BCUT2D eigenvalue weighted by molar-refractivity contribution is 0.0696. The Morgan fingerprint density at radius 1 is 1.33 bits per heavy atom. The molecular weight excluding hydrogens is 332 g/mol. The van der Waals surface area contributed by atoms with E-state index >= 15 is 0 Å². The molecule has 1 aromatic rings. The van der Waals surface area contributed by atoms with Crippen LogP contribution in [0.25, 0.3) is 0 Å². The number of sulfonamides is 1. The lowest BCUT2D eigenvalue weighted by Crippen LogP contribution is -2.37. The first-order valence-corrected chi connectivity index (χ1v) is 9.49. The van der Waals surface area contributed by atoms with Crippen LogP contribution in [0.15, 0.2) is 23.1 Å². The Bertz CT molecular complexity index is 682. The third kappa shape index (κ3) is 4.68. The van der Waals surface area contributed by atoms with E-state index in [-0.39, 0.29) is 10.5 Å². The maximum absolute atomic E-state index is 12.3. The molecule has 0 saturated carbocycles. The molecule has 1 saturated heterocycles. The maximum atomic E-state index is 12.3. The molecule has 24 heavy (non-hydrogen) atoms. The van der Waals surface area contributed by atoms with E-state index in [1.807, 2.05) is 18.7 Å². The lowest BCUT2D eigenvalue weighted by atomic mass is 10.1. The molecule has 7 nitrogen and oxygen atoms in total. The topological polar surface area (TPSA) is 95.9 Å². The average Bonchev–Trinajstić information content (AvgIpc) is 2.54. The first-order chi connectivity index (χ1) is 11.3. The van der Waals surface area contributed by atoms with Gasteiger partial charge in [-0.15, -0.1) is 0 Å². The summed E-state index contributed by atoms with van der Waals surface area (Å²) in [4.78, 5) is 13.4. The third-order valence-corrected chi connectivity index (χ3v) is 5.33. The van der Waals surface area contributed by atoms with Crippen molar-refractivity contribution >= 4 is 21.7 Å². The molecule has 1 aromatic carbocycles. The van der Waals surface area contributed by atoms with Gasteiger partial charge in [0.2, 0.25) is 10.0 Å². The minimum Gasteiger partial charge on any atom is -0.478 e. The zero-order valence-electron chi connectivity index (χ0n) is 14.0. The van der Waals surface area contributed by atoms with E-state index in [1.54, 1.807) is 6.07 Å². The highest BCUT2D eigenvalue weighted by atomic mass is 32.2. The fourth-order valence-electron chi connectivity index (χ4n) is 2.50. The van der Waals surface area contributed by atoms with Crippen molar-refractivity contribution in [3.8, 4) is 0 Å². The van der Waals surface area contributed by atoms with E-state index in [9.17, 15) is 18.3 Å². The Balaban J connectivity index is 2.26. The molecule has 1 aliphatic rings. The molecule has 1 heterocycles. The van der Waals surface area contributed by atoms with Gasteiger partial charge in [0.1, 0.15) is 0 Å². The fraction of sp³-hybridized carbons (Fsp3) is 0.562. The van der Waals surface area contributed by atoms with E-state index in [0.717, 1.165) is 6.42 Å². The lowest BCUT2D eigenvalue weighted by Gasteiger charge is -2.30. The SMILES string of the molecule is CC(C)CCNS(=O)(=O)c1ccc(N2CCOCC2)c(C(=O)O)c1. The number of carboxylic acid groups (broad SMARTS) is 1. The highest BCUT2D eigenvalue weighted by Crippen LogP contribution is 2.25. The van der Waals surface area contributed by atoms with E-state index in [2.05, 4.69) is 4.72 Å². The largest absolute Gasteiger partial charge is 0.478 e. The summed E-state index contributed by atoms with van der Waals surface area (Å²) >= 11 is 0. The number of hydrogen-bond donors (Lipinski definition) is 2. The normalized spacial score (nSPS) is 15.7. The van der Waals surface area contributed by atoms with Crippen LogP contribution in [-0.2, 0) is 14.8 Å². The smallest absolute Gasteiger partial charge is 0.337 e. The summed E-state index contributed by atoms with van der Waals surface area (Å²) in [5.41, 5.74) is 0.510. The molecule has 0 atom stereocenters. The van der Waals surface area contributed by atoms with Crippen molar-refractivity contribution in [1.29, 1.82) is 0 Å². The molecule has 8 heteroatoms. The minimum absolute atomic E-state index is 0.0105. The van der Waals surface area contributed by atoms with Gasteiger partial charge in [0.05, 0.1) is 29.4 Å². The molecule has 0 aromatic heterocycles. The summed E-state index contributed by atoms with van der Waals surface area (Å²) in [6.07, 6.45) is 0.719. The van der Waals surface area contributed by atoms with Gasteiger partial charge in [0.15, 0.2) is 0 Å². The predicted octanol–water partition coefficient (Wildman–Crippen LogP) is 1.55. The van der Waals surface area contributed by atoms with Crippen LogP contribution in [0, 0.1) is 5.92 Å². The van der Waals surface area contributed by atoms with Gasteiger partial charge in [-0.25, -0.2) is 17.9 Å². The fourth-order valence-corrected chi connectivity index (χ4v) is 3.57. The molecule has 1 aliphatic heterocycles.